The molecule has 0 saturated carbocycles. The van der Waals surface area contributed by atoms with Gasteiger partial charge in [-0.15, -0.1) is 0 Å². The van der Waals surface area contributed by atoms with Crippen LogP contribution in [-0.2, 0) is 38.1 Å². The lowest BCUT2D eigenvalue weighted by Gasteiger charge is -2.43. The average molecular weight is 347 g/mol. The van der Waals surface area contributed by atoms with E-state index in [9.17, 15) is 14.4 Å². The van der Waals surface area contributed by atoms with Gasteiger partial charge in [-0.3, -0.25) is 14.4 Å². The van der Waals surface area contributed by atoms with Crippen molar-refractivity contribution in [3.8, 4) is 0 Å². The van der Waals surface area contributed by atoms with Gasteiger partial charge in [0.25, 0.3) is 0 Å². The zero-order valence-electron chi connectivity index (χ0n) is 14.5. The van der Waals surface area contributed by atoms with Crippen LogP contribution in [-0.4, -0.2) is 61.3 Å². The van der Waals surface area contributed by atoms with Crippen LogP contribution in [0.3, 0.4) is 0 Å². The lowest BCUT2D eigenvalue weighted by atomic mass is 9.97. The monoisotopic (exact) mass is 347 g/mol. The number of hydrogen-bond acceptors (Lipinski definition) is 9. The molecule has 9 heteroatoms. The van der Waals surface area contributed by atoms with E-state index in [1.54, 1.807) is 13.8 Å². The fourth-order valence-electron chi connectivity index (χ4n) is 2.32. The maximum atomic E-state index is 11.4. The predicted octanol–water partition coefficient (Wildman–Crippen LogP) is -0.110. The lowest BCUT2D eigenvalue weighted by Crippen LogP contribution is -2.65. The Morgan fingerprint density at radius 2 is 1.54 bits per heavy atom. The molecule has 1 aliphatic heterocycles. The highest BCUT2D eigenvalue weighted by atomic mass is 16.7. The quantitative estimate of drug-likeness (QED) is 0.517. The summed E-state index contributed by atoms with van der Waals surface area (Å²) in [5.41, 5.74) is 6.08. The van der Waals surface area contributed by atoms with Gasteiger partial charge in [0.15, 0.2) is 18.5 Å². The van der Waals surface area contributed by atoms with E-state index in [0.29, 0.717) is 0 Å². The van der Waals surface area contributed by atoms with E-state index >= 15 is 0 Å². The Labute approximate surface area is 140 Å². The van der Waals surface area contributed by atoms with Crippen molar-refractivity contribution in [1.29, 1.82) is 0 Å². The summed E-state index contributed by atoms with van der Waals surface area (Å²) in [7, 11) is 0. The summed E-state index contributed by atoms with van der Waals surface area (Å²) in [6.07, 6.45) is -4.02. The summed E-state index contributed by atoms with van der Waals surface area (Å²) in [5, 5.41) is 0. The fraction of sp³-hybridized carbons (Fsp3) is 0.800. The molecule has 1 aliphatic rings. The van der Waals surface area contributed by atoms with Crippen molar-refractivity contribution in [2.45, 2.75) is 71.4 Å². The third kappa shape index (κ3) is 6.06. The molecule has 0 aliphatic carbocycles. The molecule has 1 fully saturated rings. The molecule has 1 rings (SSSR count). The van der Waals surface area contributed by atoms with Crippen molar-refractivity contribution >= 4 is 17.9 Å². The van der Waals surface area contributed by atoms with Crippen molar-refractivity contribution in [1.82, 2.24) is 0 Å². The summed E-state index contributed by atoms with van der Waals surface area (Å²) in [6.45, 7) is 7.03. The first-order valence-electron chi connectivity index (χ1n) is 7.66. The highest BCUT2D eigenvalue weighted by Crippen LogP contribution is 2.27. The van der Waals surface area contributed by atoms with Crippen molar-refractivity contribution in [2.75, 3.05) is 6.61 Å². The largest absolute Gasteiger partial charge is 0.463 e. The Morgan fingerprint density at radius 3 is 2.00 bits per heavy atom. The number of nitrogens with two attached hydrogens (primary N) is 1. The fourth-order valence-corrected chi connectivity index (χ4v) is 2.32. The van der Waals surface area contributed by atoms with Crippen molar-refractivity contribution < 1.29 is 38.1 Å². The second kappa shape index (κ2) is 8.95. The molecule has 24 heavy (non-hydrogen) atoms. The van der Waals surface area contributed by atoms with Gasteiger partial charge in [0.05, 0.1) is 12.1 Å². The Bertz CT molecular complexity index is 466. The minimum Gasteiger partial charge on any atom is -0.463 e. The maximum absolute atomic E-state index is 11.4. The van der Waals surface area contributed by atoms with Crippen LogP contribution < -0.4 is 5.73 Å². The van der Waals surface area contributed by atoms with Crippen molar-refractivity contribution in [3.63, 3.8) is 0 Å². The molecule has 0 aromatic carbocycles. The van der Waals surface area contributed by atoms with Gasteiger partial charge in [-0.05, 0) is 13.8 Å². The van der Waals surface area contributed by atoms with Crippen LogP contribution in [0.2, 0.25) is 0 Å². The molecular formula is C15H25NO8. The number of rotatable bonds is 6. The molecule has 0 aromatic heterocycles. The van der Waals surface area contributed by atoms with Crippen LogP contribution in [0.25, 0.3) is 0 Å². The normalized spacial score (nSPS) is 29.9. The van der Waals surface area contributed by atoms with Crippen LogP contribution in [0.4, 0.5) is 0 Å². The molecule has 0 spiro atoms. The molecule has 1 heterocycles. The number of esters is 3. The summed E-state index contributed by atoms with van der Waals surface area (Å²) in [6, 6.07) is -0.880. The van der Waals surface area contributed by atoms with E-state index in [2.05, 4.69) is 0 Å². The third-order valence-corrected chi connectivity index (χ3v) is 3.15. The molecule has 9 nitrogen and oxygen atoms in total. The van der Waals surface area contributed by atoms with Crippen LogP contribution in [0.1, 0.15) is 34.6 Å². The van der Waals surface area contributed by atoms with E-state index in [1.165, 1.54) is 20.8 Å². The highest BCUT2D eigenvalue weighted by molar-refractivity contribution is 5.67. The summed E-state index contributed by atoms with van der Waals surface area (Å²) < 4.78 is 26.7. The first-order chi connectivity index (χ1) is 11.1. The van der Waals surface area contributed by atoms with Crippen LogP contribution >= 0.6 is 0 Å². The Morgan fingerprint density at radius 1 is 1.00 bits per heavy atom. The van der Waals surface area contributed by atoms with E-state index < -0.39 is 48.6 Å². The van der Waals surface area contributed by atoms with Crippen molar-refractivity contribution in [3.05, 3.63) is 0 Å². The van der Waals surface area contributed by atoms with Gasteiger partial charge in [0.2, 0.25) is 0 Å². The smallest absolute Gasteiger partial charge is 0.303 e. The van der Waals surface area contributed by atoms with Gasteiger partial charge in [-0.1, -0.05) is 0 Å². The Kier molecular flexibility index (Phi) is 7.59. The molecular weight excluding hydrogens is 322 g/mol. The van der Waals surface area contributed by atoms with Gasteiger partial charge in [0.1, 0.15) is 12.7 Å². The lowest BCUT2D eigenvalue weighted by molar-refractivity contribution is -0.281. The minimum atomic E-state index is -1.02. The van der Waals surface area contributed by atoms with E-state index in [-0.39, 0.29) is 12.7 Å². The zero-order chi connectivity index (χ0) is 18.4. The molecule has 2 N–H and O–H groups in total. The first kappa shape index (κ1) is 20.3. The molecule has 0 bridgehead atoms. The average Bonchev–Trinajstić information content (AvgIpc) is 2.42. The van der Waals surface area contributed by atoms with Gasteiger partial charge in [-0.2, -0.15) is 0 Å². The zero-order valence-corrected chi connectivity index (χ0v) is 14.5. The third-order valence-electron chi connectivity index (χ3n) is 3.15. The summed E-state index contributed by atoms with van der Waals surface area (Å²) in [4.78, 5) is 33.9. The molecule has 0 radical (unpaired) electrons. The van der Waals surface area contributed by atoms with Crippen LogP contribution in [0.15, 0.2) is 0 Å². The maximum Gasteiger partial charge on any atom is 0.303 e. The standard InChI is InChI=1S/C15H25NO8/c1-7(2)21-15-12(16)14(23-10(5)19)13(22-9(4)18)11(24-15)6-20-8(3)17/h7,11-15H,6,16H2,1-5H3/t11?,12?,13-,14?,15-/m1/s1. The van der Waals surface area contributed by atoms with Gasteiger partial charge in [0, 0.05) is 20.8 Å². The Hall–Kier alpha value is -1.71. The molecule has 0 amide bonds. The molecule has 3 unspecified atom stereocenters. The predicted molar refractivity (Wildman–Crippen MR) is 80.6 cm³/mol. The Balaban J connectivity index is 3.06. The van der Waals surface area contributed by atoms with Gasteiger partial charge in [-0.25, -0.2) is 0 Å². The van der Waals surface area contributed by atoms with Crippen molar-refractivity contribution in [2.24, 2.45) is 5.73 Å². The SMILES string of the molecule is CC(=O)OCC1O[C@@H](OC(C)C)C(N)C(OC(C)=O)[C@@H]1OC(C)=O. The minimum absolute atomic E-state index is 0.199. The van der Waals surface area contributed by atoms with Gasteiger partial charge < -0.3 is 29.4 Å². The van der Waals surface area contributed by atoms with E-state index in [1.807, 2.05) is 0 Å². The molecule has 0 aromatic rings. The van der Waals surface area contributed by atoms with E-state index in [4.69, 9.17) is 29.4 Å². The molecule has 1 saturated heterocycles. The van der Waals surface area contributed by atoms with Crippen LogP contribution in [0.5, 0.6) is 0 Å². The van der Waals surface area contributed by atoms with Crippen LogP contribution in [0, 0.1) is 0 Å². The van der Waals surface area contributed by atoms with E-state index in [0.717, 1.165) is 0 Å². The second-order valence-electron chi connectivity index (χ2n) is 5.76. The first-order valence-corrected chi connectivity index (χ1v) is 7.66. The van der Waals surface area contributed by atoms with Gasteiger partial charge >= 0.3 is 17.9 Å². The number of hydrogen-bond donors (Lipinski definition) is 1. The molecule has 5 atom stereocenters. The molecule has 138 valence electrons. The number of carbonyl (C=O) groups excluding carboxylic acids is 3. The highest BCUT2D eigenvalue weighted by Gasteiger charge is 2.49. The summed E-state index contributed by atoms with van der Waals surface area (Å²) in [5.74, 6) is -1.73. The second-order valence-corrected chi connectivity index (χ2v) is 5.76. The summed E-state index contributed by atoms with van der Waals surface area (Å²) >= 11 is 0. The number of carbonyl (C=O) groups is 3. The topological polar surface area (TPSA) is 123 Å². The number of ether oxygens (including phenoxy) is 5.